The summed E-state index contributed by atoms with van der Waals surface area (Å²) in [4.78, 5) is 0. The van der Waals surface area contributed by atoms with Gasteiger partial charge in [0.1, 0.15) is 0 Å². The summed E-state index contributed by atoms with van der Waals surface area (Å²) in [6.45, 7) is 1.71. The average molecular weight is 284 g/mol. The lowest BCUT2D eigenvalue weighted by molar-refractivity contribution is -0.00549. The minimum Gasteiger partial charge on any atom is -0.389 e. The summed E-state index contributed by atoms with van der Waals surface area (Å²) in [6, 6.07) is 7.71. The van der Waals surface area contributed by atoms with Gasteiger partial charge in [-0.1, -0.05) is 36.6 Å². The van der Waals surface area contributed by atoms with Crippen molar-refractivity contribution < 1.29 is 9.84 Å². The van der Waals surface area contributed by atoms with Crippen molar-refractivity contribution in [2.45, 2.75) is 44.4 Å². The van der Waals surface area contributed by atoms with Crippen molar-refractivity contribution in [3.63, 3.8) is 0 Å². The Morgan fingerprint density at radius 3 is 2.63 bits per heavy atom. The summed E-state index contributed by atoms with van der Waals surface area (Å²) in [5.41, 5.74) is 1.16. The van der Waals surface area contributed by atoms with E-state index in [1.165, 1.54) is 12.8 Å². The lowest BCUT2D eigenvalue weighted by Crippen LogP contribution is -2.31. The van der Waals surface area contributed by atoms with Gasteiger partial charge in [0.15, 0.2) is 0 Å². The Bertz CT molecular complexity index is 363. The fourth-order valence-electron chi connectivity index (χ4n) is 2.35. The van der Waals surface area contributed by atoms with Crippen molar-refractivity contribution >= 4 is 11.6 Å². The van der Waals surface area contributed by atoms with Gasteiger partial charge < -0.3 is 15.2 Å². The minimum atomic E-state index is -0.437. The first kappa shape index (κ1) is 14.8. The van der Waals surface area contributed by atoms with Crippen LogP contribution in [-0.4, -0.2) is 30.5 Å². The maximum atomic E-state index is 9.82. The Kier molecular flexibility index (Phi) is 6.11. The lowest BCUT2D eigenvalue weighted by Gasteiger charge is -2.16. The summed E-state index contributed by atoms with van der Waals surface area (Å²) in [5, 5.41) is 13.8. The smallest absolute Gasteiger partial charge is 0.0897 e. The van der Waals surface area contributed by atoms with Gasteiger partial charge in [0.2, 0.25) is 0 Å². The fourth-order valence-corrected chi connectivity index (χ4v) is 2.47. The maximum Gasteiger partial charge on any atom is 0.0897 e. The molecule has 0 heterocycles. The molecule has 1 atom stereocenters. The number of rotatable bonds is 7. The number of halogens is 1. The van der Waals surface area contributed by atoms with E-state index in [4.69, 9.17) is 16.3 Å². The third-order valence-corrected chi connectivity index (χ3v) is 3.70. The van der Waals surface area contributed by atoms with E-state index in [0.717, 1.165) is 30.0 Å². The minimum absolute atomic E-state index is 0.367. The van der Waals surface area contributed by atoms with Crippen LogP contribution in [0, 0.1) is 0 Å². The van der Waals surface area contributed by atoms with E-state index >= 15 is 0 Å². The molecule has 19 heavy (non-hydrogen) atoms. The van der Waals surface area contributed by atoms with E-state index in [0.29, 0.717) is 19.3 Å². The molecule has 1 aliphatic carbocycles. The first-order valence-corrected chi connectivity index (χ1v) is 7.36. The van der Waals surface area contributed by atoms with E-state index in [9.17, 15) is 5.11 Å². The molecule has 0 spiro atoms. The van der Waals surface area contributed by atoms with Gasteiger partial charge in [0.25, 0.3) is 0 Å². The molecule has 3 nitrogen and oxygen atoms in total. The molecule has 4 heteroatoms. The predicted molar refractivity (Wildman–Crippen MR) is 77.4 cm³/mol. The largest absolute Gasteiger partial charge is 0.389 e. The molecule has 0 aromatic heterocycles. The van der Waals surface area contributed by atoms with Gasteiger partial charge in [-0.15, -0.1) is 0 Å². The number of nitrogens with one attached hydrogen (secondary N) is 1. The molecule has 2 rings (SSSR count). The van der Waals surface area contributed by atoms with Crippen molar-refractivity contribution in [2.75, 3.05) is 13.2 Å². The molecule has 0 bridgehead atoms. The number of aliphatic hydroxyl groups is 1. The van der Waals surface area contributed by atoms with Crippen LogP contribution in [-0.2, 0) is 11.3 Å². The highest BCUT2D eigenvalue weighted by atomic mass is 35.5. The second-order valence-electron chi connectivity index (χ2n) is 5.15. The highest BCUT2D eigenvalue weighted by Gasteiger charge is 2.16. The molecule has 1 unspecified atom stereocenters. The molecule has 0 aliphatic heterocycles. The summed E-state index contributed by atoms with van der Waals surface area (Å²) in [6.07, 6.45) is 4.74. The van der Waals surface area contributed by atoms with Crippen LogP contribution < -0.4 is 5.32 Å². The normalized spacial score (nSPS) is 17.8. The van der Waals surface area contributed by atoms with Crippen LogP contribution in [0.3, 0.4) is 0 Å². The molecule has 0 amide bonds. The maximum absolute atomic E-state index is 9.82. The Hall–Kier alpha value is -0.610. The van der Waals surface area contributed by atoms with Crippen LogP contribution in [0.25, 0.3) is 0 Å². The van der Waals surface area contributed by atoms with E-state index in [2.05, 4.69) is 5.32 Å². The first-order chi connectivity index (χ1) is 9.24. The zero-order valence-electron chi connectivity index (χ0n) is 11.1. The van der Waals surface area contributed by atoms with E-state index < -0.39 is 6.10 Å². The Morgan fingerprint density at radius 1 is 1.26 bits per heavy atom. The summed E-state index contributed by atoms with van der Waals surface area (Å²) >= 11 is 5.82. The van der Waals surface area contributed by atoms with Crippen molar-refractivity contribution in [3.8, 4) is 0 Å². The second-order valence-corrected chi connectivity index (χ2v) is 5.59. The zero-order valence-corrected chi connectivity index (χ0v) is 11.9. The van der Waals surface area contributed by atoms with Gasteiger partial charge in [0.05, 0.1) is 18.8 Å². The number of hydrogen-bond donors (Lipinski definition) is 2. The monoisotopic (exact) mass is 283 g/mol. The number of ether oxygens (including phenoxy) is 1. The zero-order chi connectivity index (χ0) is 13.5. The molecule has 2 N–H and O–H groups in total. The van der Waals surface area contributed by atoms with E-state index in [-0.39, 0.29) is 0 Å². The fraction of sp³-hybridized carbons (Fsp3) is 0.600. The van der Waals surface area contributed by atoms with E-state index in [1.807, 2.05) is 24.3 Å². The third kappa shape index (κ3) is 5.49. The molecular weight excluding hydrogens is 262 g/mol. The van der Waals surface area contributed by atoms with Gasteiger partial charge >= 0.3 is 0 Å². The molecule has 1 aromatic carbocycles. The summed E-state index contributed by atoms with van der Waals surface area (Å²) in [5.74, 6) is 0. The first-order valence-electron chi connectivity index (χ1n) is 6.99. The predicted octanol–water partition coefficient (Wildman–Crippen LogP) is 2.75. The Morgan fingerprint density at radius 2 is 1.95 bits per heavy atom. The van der Waals surface area contributed by atoms with Crippen molar-refractivity contribution in [3.05, 3.63) is 34.9 Å². The second kappa shape index (κ2) is 7.85. The van der Waals surface area contributed by atoms with Crippen molar-refractivity contribution in [1.82, 2.24) is 5.32 Å². The van der Waals surface area contributed by atoms with Gasteiger partial charge in [0, 0.05) is 18.1 Å². The lowest BCUT2D eigenvalue weighted by atomic mass is 10.2. The summed E-state index contributed by atoms with van der Waals surface area (Å²) in [7, 11) is 0. The van der Waals surface area contributed by atoms with Crippen LogP contribution in [0.15, 0.2) is 24.3 Å². The average Bonchev–Trinajstić information content (AvgIpc) is 2.92. The Balaban J connectivity index is 1.58. The van der Waals surface area contributed by atoms with Gasteiger partial charge in [-0.05, 0) is 30.5 Å². The molecule has 0 saturated heterocycles. The van der Waals surface area contributed by atoms with E-state index in [1.54, 1.807) is 0 Å². The molecule has 1 saturated carbocycles. The van der Waals surface area contributed by atoms with Crippen molar-refractivity contribution in [1.29, 1.82) is 0 Å². The molecule has 0 radical (unpaired) electrons. The summed E-state index contributed by atoms with van der Waals surface area (Å²) < 4.78 is 5.68. The van der Waals surface area contributed by atoms with Gasteiger partial charge in [-0.2, -0.15) is 0 Å². The van der Waals surface area contributed by atoms with Crippen LogP contribution >= 0.6 is 11.6 Å². The standard InChI is InChI=1S/C15H22ClNO2/c16-13-7-5-12(6-8-13)9-17-10-14(18)11-19-15-3-1-2-4-15/h5-8,14-15,17-18H,1-4,9-11H2. The molecule has 1 aliphatic rings. The number of hydrogen-bond acceptors (Lipinski definition) is 3. The molecule has 1 fully saturated rings. The van der Waals surface area contributed by atoms with Crippen LogP contribution in [0.2, 0.25) is 5.02 Å². The van der Waals surface area contributed by atoms with Crippen LogP contribution in [0.5, 0.6) is 0 Å². The third-order valence-electron chi connectivity index (χ3n) is 3.45. The SMILES string of the molecule is OC(CNCc1ccc(Cl)cc1)COC1CCCC1. The van der Waals surface area contributed by atoms with Gasteiger partial charge in [-0.3, -0.25) is 0 Å². The topological polar surface area (TPSA) is 41.5 Å². The number of aliphatic hydroxyl groups excluding tert-OH is 1. The quantitative estimate of drug-likeness (QED) is 0.808. The Labute approximate surface area is 119 Å². The highest BCUT2D eigenvalue weighted by Crippen LogP contribution is 2.20. The highest BCUT2D eigenvalue weighted by molar-refractivity contribution is 6.30. The number of benzene rings is 1. The van der Waals surface area contributed by atoms with Crippen LogP contribution in [0.1, 0.15) is 31.2 Å². The molecular formula is C15H22ClNO2. The van der Waals surface area contributed by atoms with Crippen LogP contribution in [0.4, 0.5) is 0 Å². The molecule has 1 aromatic rings. The van der Waals surface area contributed by atoms with Gasteiger partial charge in [-0.25, -0.2) is 0 Å². The van der Waals surface area contributed by atoms with Crippen molar-refractivity contribution in [2.24, 2.45) is 0 Å². The molecule has 106 valence electrons.